The van der Waals surface area contributed by atoms with Crippen LogP contribution in [0.4, 0.5) is 0 Å². The summed E-state index contributed by atoms with van der Waals surface area (Å²) in [4.78, 5) is 15.9. The fraction of sp³-hybridized carbons (Fsp3) is 0.400. The van der Waals surface area contributed by atoms with Crippen molar-refractivity contribution in [1.82, 2.24) is 16.0 Å². The number of aliphatic imine (C=N–C) groups is 1. The summed E-state index contributed by atoms with van der Waals surface area (Å²) in [7, 11) is 1.71. The number of carbonyl (C=O) groups is 1. The number of rotatable bonds is 10. The fourth-order valence-electron chi connectivity index (χ4n) is 2.43. The Kier molecular flexibility index (Phi) is 8.92. The van der Waals surface area contributed by atoms with Gasteiger partial charge < -0.3 is 25.1 Å². The molecule has 0 radical (unpaired) electrons. The van der Waals surface area contributed by atoms with E-state index in [2.05, 4.69) is 40.0 Å². The predicted octanol–water partition coefficient (Wildman–Crippen LogP) is 2.34. The second kappa shape index (κ2) is 11.7. The van der Waals surface area contributed by atoms with Crippen molar-refractivity contribution in [3.05, 3.63) is 60.1 Å². The molecule has 0 saturated carbocycles. The molecule has 0 aliphatic heterocycles. The van der Waals surface area contributed by atoms with Gasteiger partial charge in [-0.2, -0.15) is 0 Å². The molecule has 0 aliphatic rings. The maximum Gasteiger partial charge on any atom is 0.287 e. The number of nitrogens with one attached hydrogen (secondary N) is 3. The molecule has 1 heterocycles. The summed E-state index contributed by atoms with van der Waals surface area (Å²) in [5.74, 6) is 0.773. The van der Waals surface area contributed by atoms with Gasteiger partial charge in [0, 0.05) is 33.3 Å². The number of ether oxygens (including phenoxy) is 1. The van der Waals surface area contributed by atoms with E-state index in [9.17, 15) is 4.79 Å². The highest BCUT2D eigenvalue weighted by Gasteiger charge is 2.07. The number of hydrogen-bond acceptors (Lipinski definition) is 4. The van der Waals surface area contributed by atoms with Gasteiger partial charge in [-0.1, -0.05) is 30.3 Å². The van der Waals surface area contributed by atoms with Crippen molar-refractivity contribution < 1.29 is 13.9 Å². The normalized spacial score (nSPS) is 12.4. The number of guanidine groups is 1. The van der Waals surface area contributed by atoms with E-state index in [4.69, 9.17) is 9.15 Å². The SMILES string of the molecule is CN=C(NCCCOC(C)c1ccccc1)NCCNC(=O)c1ccco1. The van der Waals surface area contributed by atoms with E-state index in [1.807, 2.05) is 18.2 Å². The summed E-state index contributed by atoms with van der Waals surface area (Å²) >= 11 is 0. The van der Waals surface area contributed by atoms with E-state index in [1.165, 1.54) is 11.8 Å². The fourth-order valence-corrected chi connectivity index (χ4v) is 2.43. The van der Waals surface area contributed by atoms with Crippen LogP contribution in [0.2, 0.25) is 0 Å². The molecule has 1 unspecified atom stereocenters. The molecule has 7 heteroatoms. The van der Waals surface area contributed by atoms with Gasteiger partial charge in [-0.05, 0) is 31.0 Å². The predicted molar refractivity (Wildman–Crippen MR) is 106 cm³/mol. The Balaban J connectivity index is 1.53. The highest BCUT2D eigenvalue weighted by atomic mass is 16.5. The number of furan rings is 1. The minimum Gasteiger partial charge on any atom is -0.459 e. The topological polar surface area (TPSA) is 87.9 Å². The van der Waals surface area contributed by atoms with Crippen molar-refractivity contribution in [3.63, 3.8) is 0 Å². The Labute approximate surface area is 160 Å². The third kappa shape index (κ3) is 7.53. The van der Waals surface area contributed by atoms with Crippen molar-refractivity contribution in [2.24, 2.45) is 4.99 Å². The molecule has 3 N–H and O–H groups in total. The molecule has 0 fully saturated rings. The number of amides is 1. The van der Waals surface area contributed by atoms with E-state index in [1.54, 1.807) is 19.2 Å². The number of nitrogens with zero attached hydrogens (tertiary/aromatic N) is 1. The van der Waals surface area contributed by atoms with Gasteiger partial charge in [-0.15, -0.1) is 0 Å². The molecular weight excluding hydrogens is 344 g/mol. The number of carbonyl (C=O) groups excluding carboxylic acids is 1. The van der Waals surface area contributed by atoms with Crippen molar-refractivity contribution in [2.75, 3.05) is 33.3 Å². The third-order valence-corrected chi connectivity index (χ3v) is 3.92. The molecule has 1 aromatic carbocycles. The van der Waals surface area contributed by atoms with Crippen molar-refractivity contribution in [1.29, 1.82) is 0 Å². The van der Waals surface area contributed by atoms with Crippen LogP contribution in [0.25, 0.3) is 0 Å². The van der Waals surface area contributed by atoms with Crippen molar-refractivity contribution in [3.8, 4) is 0 Å². The summed E-state index contributed by atoms with van der Waals surface area (Å²) in [6.45, 7) is 4.51. The lowest BCUT2D eigenvalue weighted by atomic mass is 10.1. The number of benzene rings is 1. The van der Waals surface area contributed by atoms with Gasteiger partial charge in [0.25, 0.3) is 5.91 Å². The van der Waals surface area contributed by atoms with Crippen LogP contribution in [0.5, 0.6) is 0 Å². The Morgan fingerprint density at radius 3 is 2.52 bits per heavy atom. The summed E-state index contributed by atoms with van der Waals surface area (Å²) in [6, 6.07) is 13.5. The number of hydrogen-bond donors (Lipinski definition) is 3. The van der Waals surface area contributed by atoms with Crippen LogP contribution in [-0.2, 0) is 4.74 Å². The van der Waals surface area contributed by atoms with E-state index < -0.39 is 0 Å². The van der Waals surface area contributed by atoms with Gasteiger partial charge in [-0.3, -0.25) is 9.79 Å². The van der Waals surface area contributed by atoms with E-state index >= 15 is 0 Å². The van der Waals surface area contributed by atoms with Gasteiger partial charge in [0.15, 0.2) is 11.7 Å². The summed E-state index contributed by atoms with van der Waals surface area (Å²) in [6.07, 6.45) is 2.43. The zero-order valence-corrected chi connectivity index (χ0v) is 15.9. The second-order valence-electron chi connectivity index (χ2n) is 5.94. The molecule has 0 spiro atoms. The molecule has 1 amide bonds. The maximum atomic E-state index is 11.7. The largest absolute Gasteiger partial charge is 0.459 e. The lowest BCUT2D eigenvalue weighted by molar-refractivity contribution is 0.0646. The van der Waals surface area contributed by atoms with Crippen LogP contribution in [0.15, 0.2) is 58.1 Å². The zero-order chi connectivity index (χ0) is 19.3. The molecule has 0 aliphatic carbocycles. The van der Waals surface area contributed by atoms with E-state index in [0.717, 1.165) is 13.0 Å². The lowest BCUT2D eigenvalue weighted by Gasteiger charge is -2.15. The Morgan fingerprint density at radius 1 is 1.07 bits per heavy atom. The Bertz CT molecular complexity index is 687. The monoisotopic (exact) mass is 372 g/mol. The standard InChI is InChI=1S/C20H28N4O3/c1-16(17-8-4-3-5-9-17)26-15-7-11-23-20(21-2)24-13-12-22-19(25)18-10-6-14-27-18/h3-6,8-10,14,16H,7,11-13,15H2,1-2H3,(H,22,25)(H2,21,23,24). The third-order valence-electron chi connectivity index (χ3n) is 3.92. The van der Waals surface area contributed by atoms with Gasteiger partial charge >= 0.3 is 0 Å². The first kappa shape index (κ1) is 20.5. The molecule has 0 bridgehead atoms. The zero-order valence-electron chi connectivity index (χ0n) is 15.9. The first-order valence-electron chi connectivity index (χ1n) is 9.13. The quantitative estimate of drug-likeness (QED) is 0.338. The summed E-state index contributed by atoms with van der Waals surface area (Å²) in [5.41, 5.74) is 1.18. The maximum absolute atomic E-state index is 11.7. The highest BCUT2D eigenvalue weighted by Crippen LogP contribution is 2.15. The van der Waals surface area contributed by atoms with Crippen LogP contribution in [0.3, 0.4) is 0 Å². The minimum absolute atomic E-state index is 0.0846. The molecule has 27 heavy (non-hydrogen) atoms. The van der Waals surface area contributed by atoms with E-state index in [0.29, 0.717) is 31.4 Å². The van der Waals surface area contributed by atoms with Crippen molar-refractivity contribution in [2.45, 2.75) is 19.4 Å². The minimum atomic E-state index is -0.227. The molecule has 7 nitrogen and oxygen atoms in total. The van der Waals surface area contributed by atoms with Gasteiger partial charge in [0.05, 0.1) is 12.4 Å². The summed E-state index contributed by atoms with van der Waals surface area (Å²) < 4.78 is 10.9. The van der Waals surface area contributed by atoms with E-state index in [-0.39, 0.29) is 12.0 Å². The molecule has 0 saturated heterocycles. The van der Waals surface area contributed by atoms with Crippen LogP contribution in [0, 0.1) is 0 Å². The van der Waals surface area contributed by atoms with Crippen LogP contribution < -0.4 is 16.0 Å². The van der Waals surface area contributed by atoms with Crippen LogP contribution in [-0.4, -0.2) is 45.2 Å². The average molecular weight is 372 g/mol. The Morgan fingerprint density at radius 2 is 1.81 bits per heavy atom. The average Bonchev–Trinajstić information content (AvgIpc) is 3.24. The molecule has 2 rings (SSSR count). The second-order valence-corrected chi connectivity index (χ2v) is 5.94. The van der Waals surface area contributed by atoms with Gasteiger partial charge in [0.1, 0.15) is 0 Å². The van der Waals surface area contributed by atoms with Crippen LogP contribution in [0.1, 0.15) is 35.6 Å². The smallest absolute Gasteiger partial charge is 0.287 e. The summed E-state index contributed by atoms with van der Waals surface area (Å²) in [5, 5.41) is 9.15. The first-order chi connectivity index (χ1) is 13.2. The van der Waals surface area contributed by atoms with Gasteiger partial charge in [0.2, 0.25) is 0 Å². The molecule has 1 atom stereocenters. The molecular formula is C20H28N4O3. The Hall–Kier alpha value is -2.80. The first-order valence-corrected chi connectivity index (χ1v) is 9.13. The van der Waals surface area contributed by atoms with Crippen LogP contribution >= 0.6 is 0 Å². The molecule has 146 valence electrons. The molecule has 1 aromatic heterocycles. The van der Waals surface area contributed by atoms with Gasteiger partial charge in [-0.25, -0.2) is 0 Å². The molecule has 2 aromatic rings. The lowest BCUT2D eigenvalue weighted by Crippen LogP contribution is -2.41. The van der Waals surface area contributed by atoms with Crippen molar-refractivity contribution >= 4 is 11.9 Å². The highest BCUT2D eigenvalue weighted by molar-refractivity contribution is 5.91.